The highest BCUT2D eigenvalue weighted by Crippen LogP contribution is 2.41. The third-order valence-corrected chi connectivity index (χ3v) is 5.89. The van der Waals surface area contributed by atoms with Crippen molar-refractivity contribution in [1.29, 1.82) is 0 Å². The normalized spacial score (nSPS) is 14.0. The third-order valence-electron chi connectivity index (χ3n) is 5.89. The van der Waals surface area contributed by atoms with Gasteiger partial charge in [0.05, 0.1) is 7.11 Å². The van der Waals surface area contributed by atoms with E-state index in [-0.39, 0.29) is 5.91 Å². The van der Waals surface area contributed by atoms with Crippen LogP contribution in [0.4, 0.5) is 5.69 Å². The molecule has 0 radical (unpaired) electrons. The Morgan fingerprint density at radius 3 is 2.47 bits per heavy atom. The lowest BCUT2D eigenvalue weighted by Crippen LogP contribution is -2.09. The van der Waals surface area contributed by atoms with E-state index in [1.165, 1.54) is 18.4 Å². The van der Waals surface area contributed by atoms with Gasteiger partial charge in [0.2, 0.25) is 5.91 Å². The average Bonchev–Trinajstić information content (AvgIpc) is 3.06. The van der Waals surface area contributed by atoms with Crippen molar-refractivity contribution in [1.82, 2.24) is 0 Å². The van der Waals surface area contributed by atoms with E-state index in [0.717, 1.165) is 68.8 Å². The van der Waals surface area contributed by atoms with Crippen LogP contribution in [0.25, 0.3) is 16.5 Å². The number of benzene rings is 2. The van der Waals surface area contributed by atoms with Crippen LogP contribution in [0.3, 0.4) is 0 Å². The van der Waals surface area contributed by atoms with Crippen molar-refractivity contribution in [3.05, 3.63) is 63.9 Å². The molecular formula is C26H29NO3. The Kier molecular flexibility index (Phi) is 5.42. The van der Waals surface area contributed by atoms with Crippen LogP contribution in [0.2, 0.25) is 0 Å². The van der Waals surface area contributed by atoms with Crippen molar-refractivity contribution < 1.29 is 13.9 Å². The molecule has 156 valence electrons. The predicted molar refractivity (Wildman–Crippen MR) is 122 cm³/mol. The number of aryl methyl sites for hydroxylation is 5. The maximum atomic E-state index is 12.7. The number of rotatable bonds is 4. The molecule has 0 bridgehead atoms. The molecule has 4 heteroatoms. The van der Waals surface area contributed by atoms with Crippen LogP contribution in [0.15, 0.2) is 34.8 Å². The van der Waals surface area contributed by atoms with Gasteiger partial charge in [0.25, 0.3) is 0 Å². The van der Waals surface area contributed by atoms with Crippen LogP contribution in [-0.4, -0.2) is 13.0 Å². The summed E-state index contributed by atoms with van der Waals surface area (Å²) >= 11 is 0. The van der Waals surface area contributed by atoms with Crippen LogP contribution < -0.4 is 10.1 Å². The highest BCUT2D eigenvalue weighted by atomic mass is 16.5. The quantitative estimate of drug-likeness (QED) is 0.521. The Hall–Kier alpha value is -3.01. The minimum Gasteiger partial charge on any atom is -0.496 e. The van der Waals surface area contributed by atoms with E-state index in [1.54, 1.807) is 13.2 Å². The number of allylic oxidation sites excluding steroid dienone is 1. The van der Waals surface area contributed by atoms with Crippen molar-refractivity contribution in [3.8, 4) is 5.75 Å². The Balaban J connectivity index is 1.72. The number of anilines is 1. The minimum atomic E-state index is -0.147. The number of amides is 1. The predicted octanol–water partition coefficient (Wildman–Crippen LogP) is 6.29. The van der Waals surface area contributed by atoms with E-state index in [9.17, 15) is 4.79 Å². The molecule has 1 N–H and O–H groups in total. The van der Waals surface area contributed by atoms with E-state index < -0.39 is 0 Å². The summed E-state index contributed by atoms with van der Waals surface area (Å²) in [5, 5.41) is 4.14. The first kappa shape index (κ1) is 20.3. The monoisotopic (exact) mass is 403 g/mol. The van der Waals surface area contributed by atoms with Gasteiger partial charge in [-0.05, 0) is 81.9 Å². The van der Waals surface area contributed by atoms with Gasteiger partial charge in [0, 0.05) is 40.3 Å². The zero-order valence-corrected chi connectivity index (χ0v) is 18.4. The van der Waals surface area contributed by atoms with Crippen molar-refractivity contribution in [2.45, 2.75) is 53.4 Å². The lowest BCUT2D eigenvalue weighted by Gasteiger charge is -2.14. The topological polar surface area (TPSA) is 51.5 Å². The second-order valence-corrected chi connectivity index (χ2v) is 8.36. The zero-order chi connectivity index (χ0) is 21.4. The van der Waals surface area contributed by atoms with E-state index >= 15 is 0 Å². The fourth-order valence-corrected chi connectivity index (χ4v) is 4.59. The molecule has 1 aliphatic carbocycles. The molecule has 1 aliphatic rings. The SMILES string of the molecule is COc1c(/C(C)=C/C(=O)Nc2cc(C)cc(C)c2)cc2c3c(oc2c1C)CCCC3. The summed E-state index contributed by atoms with van der Waals surface area (Å²) in [4.78, 5) is 12.7. The summed E-state index contributed by atoms with van der Waals surface area (Å²) in [5.74, 6) is 1.72. The average molecular weight is 404 g/mol. The van der Waals surface area contributed by atoms with Crippen molar-refractivity contribution in [3.63, 3.8) is 0 Å². The van der Waals surface area contributed by atoms with Crippen LogP contribution in [0.5, 0.6) is 5.75 Å². The van der Waals surface area contributed by atoms with E-state index in [1.807, 2.05) is 39.8 Å². The molecule has 4 rings (SSSR count). The van der Waals surface area contributed by atoms with Gasteiger partial charge in [-0.3, -0.25) is 4.79 Å². The molecule has 1 aromatic heterocycles. The summed E-state index contributed by atoms with van der Waals surface area (Å²) in [7, 11) is 1.67. The van der Waals surface area contributed by atoms with Gasteiger partial charge in [0.1, 0.15) is 17.1 Å². The molecule has 0 spiro atoms. The molecule has 1 amide bonds. The number of methoxy groups -OCH3 is 1. The number of furan rings is 1. The number of hydrogen-bond acceptors (Lipinski definition) is 3. The summed E-state index contributed by atoms with van der Waals surface area (Å²) < 4.78 is 11.9. The van der Waals surface area contributed by atoms with Gasteiger partial charge in [-0.1, -0.05) is 6.07 Å². The fourth-order valence-electron chi connectivity index (χ4n) is 4.59. The highest BCUT2D eigenvalue weighted by Gasteiger charge is 2.23. The molecule has 3 aromatic rings. The molecule has 30 heavy (non-hydrogen) atoms. The molecular weight excluding hydrogens is 374 g/mol. The molecule has 0 atom stereocenters. The Labute approximate surface area is 177 Å². The van der Waals surface area contributed by atoms with Crippen molar-refractivity contribution in [2.24, 2.45) is 0 Å². The van der Waals surface area contributed by atoms with Crippen LogP contribution in [0, 0.1) is 20.8 Å². The van der Waals surface area contributed by atoms with E-state index in [4.69, 9.17) is 9.15 Å². The molecule has 0 saturated heterocycles. The number of carbonyl (C=O) groups is 1. The van der Waals surface area contributed by atoms with Crippen LogP contribution >= 0.6 is 0 Å². The third kappa shape index (κ3) is 3.74. The number of fused-ring (bicyclic) bond motifs is 3. The van der Waals surface area contributed by atoms with Gasteiger partial charge >= 0.3 is 0 Å². The second kappa shape index (κ2) is 8.02. The first-order chi connectivity index (χ1) is 14.4. The van der Waals surface area contributed by atoms with Crippen LogP contribution in [-0.2, 0) is 17.6 Å². The molecule has 0 aliphatic heterocycles. The van der Waals surface area contributed by atoms with E-state index in [2.05, 4.69) is 17.4 Å². The number of carbonyl (C=O) groups excluding carboxylic acids is 1. The molecule has 1 heterocycles. The summed E-state index contributed by atoms with van der Waals surface area (Å²) in [6, 6.07) is 8.17. The lowest BCUT2D eigenvalue weighted by molar-refractivity contribution is -0.111. The summed E-state index contributed by atoms with van der Waals surface area (Å²) in [6.45, 7) is 8.04. The molecule has 0 saturated carbocycles. The number of hydrogen-bond donors (Lipinski definition) is 1. The standard InChI is InChI=1S/C26H29NO3/c1-15-10-16(2)12-19(11-15)27-24(28)13-17(3)21-14-22-20-8-6-7-9-23(20)30-26(22)18(4)25(21)29-5/h10-14H,6-9H2,1-5H3,(H,27,28)/b17-13+. The van der Waals surface area contributed by atoms with Gasteiger partial charge in [-0.25, -0.2) is 0 Å². The summed E-state index contributed by atoms with van der Waals surface area (Å²) in [5.41, 5.74) is 8.07. The molecule has 2 aromatic carbocycles. The zero-order valence-electron chi connectivity index (χ0n) is 18.4. The molecule has 0 fully saturated rings. The largest absolute Gasteiger partial charge is 0.496 e. The fraction of sp³-hybridized carbons (Fsp3) is 0.346. The Morgan fingerprint density at radius 2 is 1.77 bits per heavy atom. The molecule has 4 nitrogen and oxygen atoms in total. The number of ether oxygens (including phenoxy) is 1. The Morgan fingerprint density at radius 1 is 1.07 bits per heavy atom. The summed E-state index contributed by atoms with van der Waals surface area (Å²) in [6.07, 6.45) is 6.05. The lowest BCUT2D eigenvalue weighted by atomic mass is 9.93. The highest BCUT2D eigenvalue weighted by molar-refractivity contribution is 6.05. The van der Waals surface area contributed by atoms with Crippen molar-refractivity contribution >= 4 is 28.1 Å². The van der Waals surface area contributed by atoms with Crippen molar-refractivity contribution in [2.75, 3.05) is 12.4 Å². The van der Waals surface area contributed by atoms with Gasteiger partial charge in [-0.15, -0.1) is 0 Å². The maximum Gasteiger partial charge on any atom is 0.248 e. The van der Waals surface area contributed by atoms with E-state index in [0.29, 0.717) is 0 Å². The molecule has 0 unspecified atom stereocenters. The number of nitrogens with one attached hydrogen (secondary N) is 1. The van der Waals surface area contributed by atoms with Gasteiger partial charge < -0.3 is 14.5 Å². The van der Waals surface area contributed by atoms with Gasteiger partial charge in [0.15, 0.2) is 0 Å². The minimum absolute atomic E-state index is 0.147. The van der Waals surface area contributed by atoms with Gasteiger partial charge in [-0.2, -0.15) is 0 Å². The Bertz CT molecular complexity index is 1150. The first-order valence-corrected chi connectivity index (χ1v) is 10.6. The first-order valence-electron chi connectivity index (χ1n) is 10.6. The maximum absolute atomic E-state index is 12.7. The second-order valence-electron chi connectivity index (χ2n) is 8.36. The van der Waals surface area contributed by atoms with Crippen LogP contribution in [0.1, 0.15) is 53.3 Å². The smallest absolute Gasteiger partial charge is 0.248 e.